The Balaban J connectivity index is 1.81. The Hall–Kier alpha value is -0.620. The van der Waals surface area contributed by atoms with Crippen molar-refractivity contribution >= 4 is 35.4 Å². The van der Waals surface area contributed by atoms with Crippen molar-refractivity contribution in [3.63, 3.8) is 0 Å². The standard InChI is InChI=1S/C15H23NO3S2/c1-2-19-15(18)10-14-16(13(17)11-21-14)8-9-20-12-6-4-3-5-7-12/h10,12H,2-9,11H2,1H3. The van der Waals surface area contributed by atoms with E-state index >= 15 is 0 Å². The van der Waals surface area contributed by atoms with Gasteiger partial charge in [0.15, 0.2) is 0 Å². The Kier molecular flexibility index (Phi) is 6.96. The summed E-state index contributed by atoms with van der Waals surface area (Å²) in [7, 11) is 0. The summed E-state index contributed by atoms with van der Waals surface area (Å²) in [5.74, 6) is 1.11. The van der Waals surface area contributed by atoms with Crippen LogP contribution in [0.3, 0.4) is 0 Å². The lowest BCUT2D eigenvalue weighted by atomic mass is 10.0. The first kappa shape index (κ1) is 16.7. The van der Waals surface area contributed by atoms with Gasteiger partial charge in [0.25, 0.3) is 0 Å². The van der Waals surface area contributed by atoms with Gasteiger partial charge in [0.2, 0.25) is 5.91 Å². The zero-order chi connectivity index (χ0) is 15.1. The molecule has 118 valence electrons. The van der Waals surface area contributed by atoms with E-state index in [1.807, 2.05) is 11.8 Å². The van der Waals surface area contributed by atoms with Crippen molar-refractivity contribution < 1.29 is 14.3 Å². The second-order valence-electron chi connectivity index (χ2n) is 5.20. The summed E-state index contributed by atoms with van der Waals surface area (Å²) >= 11 is 3.40. The maximum Gasteiger partial charge on any atom is 0.333 e. The summed E-state index contributed by atoms with van der Waals surface area (Å²) in [5, 5.41) is 1.49. The molecule has 0 aromatic rings. The van der Waals surface area contributed by atoms with E-state index in [2.05, 4.69) is 0 Å². The number of hydrogen-bond donors (Lipinski definition) is 0. The Bertz CT molecular complexity index is 406. The number of carbonyl (C=O) groups is 2. The summed E-state index contributed by atoms with van der Waals surface area (Å²) in [6.07, 6.45) is 8.10. The van der Waals surface area contributed by atoms with E-state index in [9.17, 15) is 9.59 Å². The number of hydrogen-bond acceptors (Lipinski definition) is 5. The smallest absolute Gasteiger partial charge is 0.333 e. The molecule has 1 saturated carbocycles. The highest BCUT2D eigenvalue weighted by Gasteiger charge is 2.27. The number of nitrogens with zero attached hydrogens (tertiary/aromatic N) is 1. The van der Waals surface area contributed by atoms with Crippen molar-refractivity contribution in [2.45, 2.75) is 44.3 Å². The van der Waals surface area contributed by atoms with Gasteiger partial charge in [-0.25, -0.2) is 4.79 Å². The molecule has 1 aliphatic heterocycles. The highest BCUT2D eigenvalue weighted by atomic mass is 32.2. The molecule has 1 heterocycles. The Labute approximate surface area is 135 Å². The normalized spacial score (nSPS) is 22.0. The van der Waals surface area contributed by atoms with E-state index in [0.29, 0.717) is 18.9 Å². The Morgan fingerprint density at radius 2 is 2.19 bits per heavy atom. The second kappa shape index (κ2) is 8.73. The number of amides is 1. The first-order chi connectivity index (χ1) is 10.2. The molecule has 6 heteroatoms. The Morgan fingerprint density at radius 1 is 1.43 bits per heavy atom. The highest BCUT2D eigenvalue weighted by Crippen LogP contribution is 2.31. The van der Waals surface area contributed by atoms with Gasteiger partial charge >= 0.3 is 5.97 Å². The van der Waals surface area contributed by atoms with Crippen LogP contribution in [-0.4, -0.2) is 46.7 Å². The third-order valence-electron chi connectivity index (χ3n) is 3.66. The molecular weight excluding hydrogens is 306 g/mol. The number of esters is 1. The van der Waals surface area contributed by atoms with Gasteiger partial charge in [-0.3, -0.25) is 4.79 Å². The fraction of sp³-hybridized carbons (Fsp3) is 0.733. The van der Waals surface area contributed by atoms with Crippen LogP contribution in [0.15, 0.2) is 11.1 Å². The summed E-state index contributed by atoms with van der Waals surface area (Å²) in [4.78, 5) is 25.2. The molecule has 2 fully saturated rings. The zero-order valence-electron chi connectivity index (χ0n) is 12.5. The fourth-order valence-electron chi connectivity index (χ4n) is 2.60. The van der Waals surface area contributed by atoms with Crippen molar-refractivity contribution in [3.05, 3.63) is 11.1 Å². The summed E-state index contributed by atoms with van der Waals surface area (Å²) in [5.41, 5.74) is 0. The molecule has 1 aliphatic carbocycles. The first-order valence-electron chi connectivity index (χ1n) is 7.64. The van der Waals surface area contributed by atoms with Gasteiger partial charge in [-0.05, 0) is 19.8 Å². The number of carbonyl (C=O) groups excluding carboxylic acids is 2. The molecule has 2 rings (SSSR count). The molecule has 0 atom stereocenters. The predicted molar refractivity (Wildman–Crippen MR) is 88.2 cm³/mol. The fourth-order valence-corrected chi connectivity index (χ4v) is 4.84. The molecule has 0 unspecified atom stereocenters. The van der Waals surface area contributed by atoms with Crippen LogP contribution in [0.5, 0.6) is 0 Å². The van der Waals surface area contributed by atoms with Crippen LogP contribution in [0.1, 0.15) is 39.0 Å². The molecule has 0 bridgehead atoms. The molecule has 0 spiro atoms. The van der Waals surface area contributed by atoms with Crippen molar-refractivity contribution in [3.8, 4) is 0 Å². The second-order valence-corrected chi connectivity index (χ2v) is 7.60. The van der Waals surface area contributed by atoms with Crippen LogP contribution in [0.25, 0.3) is 0 Å². The predicted octanol–water partition coefficient (Wildman–Crippen LogP) is 3.03. The van der Waals surface area contributed by atoms with Crippen molar-refractivity contribution in [2.75, 3.05) is 24.7 Å². The minimum atomic E-state index is -0.361. The molecule has 0 N–H and O–H groups in total. The number of thioether (sulfide) groups is 2. The van der Waals surface area contributed by atoms with Gasteiger partial charge in [0.05, 0.1) is 23.5 Å². The molecular formula is C15H23NO3S2. The molecule has 0 aromatic heterocycles. The van der Waals surface area contributed by atoms with E-state index in [-0.39, 0.29) is 11.9 Å². The SMILES string of the molecule is CCOC(=O)C=C1SCC(=O)N1CCSC1CCCCC1. The van der Waals surface area contributed by atoms with Gasteiger partial charge in [-0.2, -0.15) is 11.8 Å². The van der Waals surface area contributed by atoms with Crippen LogP contribution in [0.4, 0.5) is 0 Å². The number of ether oxygens (including phenoxy) is 1. The van der Waals surface area contributed by atoms with Crippen LogP contribution >= 0.6 is 23.5 Å². The lowest BCUT2D eigenvalue weighted by Gasteiger charge is -2.23. The van der Waals surface area contributed by atoms with E-state index in [1.54, 1.807) is 11.8 Å². The third-order valence-corrected chi connectivity index (χ3v) is 6.05. The van der Waals surface area contributed by atoms with E-state index in [1.165, 1.54) is 49.9 Å². The molecule has 21 heavy (non-hydrogen) atoms. The average Bonchev–Trinajstić information content (AvgIpc) is 2.81. The lowest BCUT2D eigenvalue weighted by molar-refractivity contribution is -0.137. The average molecular weight is 329 g/mol. The quantitative estimate of drug-likeness (QED) is 0.554. The van der Waals surface area contributed by atoms with Gasteiger partial charge in [-0.15, -0.1) is 0 Å². The maximum absolute atomic E-state index is 11.9. The van der Waals surface area contributed by atoms with Gasteiger partial charge < -0.3 is 9.64 Å². The highest BCUT2D eigenvalue weighted by molar-refractivity contribution is 8.04. The van der Waals surface area contributed by atoms with Crippen LogP contribution in [0, 0.1) is 0 Å². The summed E-state index contributed by atoms with van der Waals surface area (Å²) < 4.78 is 4.92. The van der Waals surface area contributed by atoms with Crippen LogP contribution < -0.4 is 0 Å². The third kappa shape index (κ3) is 5.25. The van der Waals surface area contributed by atoms with Crippen molar-refractivity contribution in [2.24, 2.45) is 0 Å². The van der Waals surface area contributed by atoms with Crippen molar-refractivity contribution in [1.29, 1.82) is 0 Å². The molecule has 0 aromatic carbocycles. The molecule has 4 nitrogen and oxygen atoms in total. The van der Waals surface area contributed by atoms with Crippen molar-refractivity contribution in [1.82, 2.24) is 4.90 Å². The van der Waals surface area contributed by atoms with E-state index in [0.717, 1.165) is 16.0 Å². The summed E-state index contributed by atoms with van der Waals surface area (Å²) in [6, 6.07) is 0. The maximum atomic E-state index is 11.9. The number of rotatable bonds is 6. The lowest BCUT2D eigenvalue weighted by Crippen LogP contribution is -2.28. The summed E-state index contributed by atoms with van der Waals surface area (Å²) in [6.45, 7) is 2.83. The van der Waals surface area contributed by atoms with Crippen LogP contribution in [0.2, 0.25) is 0 Å². The van der Waals surface area contributed by atoms with Gasteiger partial charge in [0, 0.05) is 17.5 Å². The topological polar surface area (TPSA) is 46.6 Å². The van der Waals surface area contributed by atoms with Crippen LogP contribution in [-0.2, 0) is 14.3 Å². The zero-order valence-corrected chi connectivity index (χ0v) is 14.1. The van der Waals surface area contributed by atoms with E-state index < -0.39 is 0 Å². The molecule has 1 saturated heterocycles. The largest absolute Gasteiger partial charge is 0.463 e. The minimum absolute atomic E-state index is 0.0970. The first-order valence-corrected chi connectivity index (χ1v) is 9.67. The minimum Gasteiger partial charge on any atom is -0.463 e. The Morgan fingerprint density at radius 3 is 2.90 bits per heavy atom. The van der Waals surface area contributed by atoms with Gasteiger partial charge in [0.1, 0.15) is 0 Å². The molecule has 0 radical (unpaired) electrons. The molecule has 2 aliphatic rings. The molecule has 1 amide bonds. The van der Waals surface area contributed by atoms with E-state index in [4.69, 9.17) is 4.74 Å². The monoisotopic (exact) mass is 329 g/mol. The van der Waals surface area contributed by atoms with Gasteiger partial charge in [-0.1, -0.05) is 31.0 Å².